The van der Waals surface area contributed by atoms with Gasteiger partial charge in [-0.25, -0.2) is 0 Å². The van der Waals surface area contributed by atoms with Crippen molar-refractivity contribution in [1.82, 2.24) is 0 Å². The fourth-order valence-corrected chi connectivity index (χ4v) is 3.97. The lowest BCUT2D eigenvalue weighted by atomic mass is 9.92. The monoisotopic (exact) mass is 294 g/mol. The van der Waals surface area contributed by atoms with Crippen LogP contribution in [0.5, 0.6) is 0 Å². The third-order valence-corrected chi connectivity index (χ3v) is 4.89. The van der Waals surface area contributed by atoms with Crippen molar-refractivity contribution in [3.8, 4) is 0 Å². The van der Waals surface area contributed by atoms with Crippen LogP contribution in [-0.2, 0) is 4.74 Å². The van der Waals surface area contributed by atoms with E-state index in [0.717, 1.165) is 30.8 Å². The van der Waals surface area contributed by atoms with Gasteiger partial charge in [0.05, 0.1) is 26.3 Å². The molecule has 1 aromatic carbocycles. The van der Waals surface area contributed by atoms with Crippen molar-refractivity contribution in [1.29, 1.82) is 0 Å². The van der Waals surface area contributed by atoms with Crippen molar-refractivity contribution in [3.05, 3.63) is 30.3 Å². The van der Waals surface area contributed by atoms with Gasteiger partial charge in [0.15, 0.2) is 0 Å². The summed E-state index contributed by atoms with van der Waals surface area (Å²) in [7, 11) is 0. The molecule has 0 spiro atoms. The highest BCUT2D eigenvalue weighted by atomic mass is 32.2. The van der Waals surface area contributed by atoms with Gasteiger partial charge in [-0.3, -0.25) is 0 Å². The van der Waals surface area contributed by atoms with Crippen LogP contribution in [0, 0.1) is 11.8 Å². The molecular weight excluding hydrogens is 266 g/mol. The van der Waals surface area contributed by atoms with Crippen LogP contribution in [-0.4, -0.2) is 38.6 Å². The van der Waals surface area contributed by atoms with E-state index >= 15 is 0 Å². The molecule has 2 rings (SSSR count). The maximum Gasteiger partial charge on any atom is 0.101 e. The van der Waals surface area contributed by atoms with Crippen molar-refractivity contribution in [2.45, 2.75) is 25.2 Å². The Kier molecular flexibility index (Phi) is 6.91. The Morgan fingerprint density at radius 2 is 1.80 bits per heavy atom. The van der Waals surface area contributed by atoms with Gasteiger partial charge in [0.2, 0.25) is 0 Å². The Bertz CT molecular complexity index is 361. The van der Waals surface area contributed by atoms with Crippen LogP contribution in [0.3, 0.4) is 0 Å². The van der Waals surface area contributed by atoms with Gasteiger partial charge in [-0.05, 0) is 18.6 Å². The molecule has 2 nitrogen and oxygen atoms in total. The summed E-state index contributed by atoms with van der Waals surface area (Å²) in [5.74, 6) is 2.80. The van der Waals surface area contributed by atoms with E-state index in [0.29, 0.717) is 0 Å². The van der Waals surface area contributed by atoms with Crippen molar-refractivity contribution >= 4 is 11.8 Å². The van der Waals surface area contributed by atoms with Crippen molar-refractivity contribution in [2.75, 3.05) is 38.6 Å². The molecule has 20 heavy (non-hydrogen) atoms. The number of quaternary nitrogens is 1. The molecule has 1 aromatic rings. The first kappa shape index (κ1) is 15.9. The predicted molar refractivity (Wildman–Crippen MR) is 86.5 cm³/mol. The number of piperidine rings is 1. The molecule has 0 aromatic heterocycles. The molecule has 1 aliphatic rings. The lowest BCUT2D eigenvalue weighted by Crippen LogP contribution is -3.14. The zero-order valence-corrected chi connectivity index (χ0v) is 13.6. The first-order valence-corrected chi connectivity index (χ1v) is 8.81. The van der Waals surface area contributed by atoms with Gasteiger partial charge in [-0.2, -0.15) is 0 Å². The molecule has 112 valence electrons. The quantitative estimate of drug-likeness (QED) is 0.613. The molecule has 3 atom stereocenters. The zero-order chi connectivity index (χ0) is 14.2. The predicted octanol–water partition coefficient (Wildman–Crippen LogP) is 2.36. The van der Waals surface area contributed by atoms with Crippen LogP contribution in [0.2, 0.25) is 0 Å². The Hall–Kier alpha value is -0.510. The van der Waals surface area contributed by atoms with Crippen molar-refractivity contribution in [3.63, 3.8) is 0 Å². The summed E-state index contributed by atoms with van der Waals surface area (Å²) in [6.45, 7) is 10.4. The van der Waals surface area contributed by atoms with Crippen LogP contribution in [0.15, 0.2) is 35.2 Å². The zero-order valence-electron chi connectivity index (χ0n) is 12.8. The Morgan fingerprint density at radius 1 is 1.10 bits per heavy atom. The van der Waals surface area contributed by atoms with E-state index in [1.807, 2.05) is 11.8 Å². The van der Waals surface area contributed by atoms with Gasteiger partial charge in [0.25, 0.3) is 0 Å². The van der Waals surface area contributed by atoms with E-state index < -0.39 is 0 Å². The molecule has 0 bridgehead atoms. The maximum atomic E-state index is 5.79. The topological polar surface area (TPSA) is 13.7 Å². The number of hydrogen-bond acceptors (Lipinski definition) is 2. The summed E-state index contributed by atoms with van der Waals surface area (Å²) in [6, 6.07) is 10.6. The van der Waals surface area contributed by atoms with Gasteiger partial charge in [0, 0.05) is 22.5 Å². The average molecular weight is 294 g/mol. The smallest absolute Gasteiger partial charge is 0.101 e. The summed E-state index contributed by atoms with van der Waals surface area (Å²) in [5, 5.41) is 0. The summed E-state index contributed by atoms with van der Waals surface area (Å²) < 4.78 is 5.79. The fourth-order valence-electron chi connectivity index (χ4n) is 3.18. The first-order valence-electron chi connectivity index (χ1n) is 7.83. The molecule has 3 heteroatoms. The number of likely N-dealkylation sites (tertiary alicyclic amines) is 1. The Morgan fingerprint density at radius 3 is 2.50 bits per heavy atom. The van der Waals surface area contributed by atoms with Crippen LogP contribution < -0.4 is 4.90 Å². The van der Waals surface area contributed by atoms with Crippen LogP contribution in [0.4, 0.5) is 0 Å². The van der Waals surface area contributed by atoms with E-state index in [-0.39, 0.29) is 0 Å². The Balaban J connectivity index is 1.51. The van der Waals surface area contributed by atoms with E-state index in [1.54, 1.807) is 4.90 Å². The van der Waals surface area contributed by atoms with E-state index in [1.165, 1.54) is 31.0 Å². The number of ether oxygens (including phenoxy) is 1. The summed E-state index contributed by atoms with van der Waals surface area (Å²) in [5.41, 5.74) is 0. The molecule has 1 N–H and O–H groups in total. The standard InChI is InChI=1S/C17H27NOS/c1-15-12-16(2)14-18(13-15)8-9-19-10-11-20-17-6-4-3-5-7-17/h3-7,15-16H,8-14H2,1-2H3/p+1/t15-,16+. The molecular formula is C17H28NOS+. The normalized spacial score (nSPS) is 26.6. The highest BCUT2D eigenvalue weighted by molar-refractivity contribution is 7.99. The van der Waals surface area contributed by atoms with Gasteiger partial charge in [0.1, 0.15) is 6.54 Å². The van der Waals surface area contributed by atoms with Gasteiger partial charge < -0.3 is 9.64 Å². The van der Waals surface area contributed by atoms with Gasteiger partial charge >= 0.3 is 0 Å². The number of rotatable bonds is 7. The largest absolute Gasteiger partial charge is 0.375 e. The summed E-state index contributed by atoms with van der Waals surface area (Å²) in [4.78, 5) is 3.06. The molecule has 0 amide bonds. The van der Waals surface area contributed by atoms with E-state index in [9.17, 15) is 0 Å². The minimum atomic E-state index is 0.859. The molecule has 1 heterocycles. The third-order valence-electron chi connectivity index (χ3n) is 3.92. The summed E-state index contributed by atoms with van der Waals surface area (Å²) in [6.07, 6.45) is 1.40. The van der Waals surface area contributed by atoms with Crippen molar-refractivity contribution in [2.24, 2.45) is 11.8 Å². The Labute approximate surface area is 127 Å². The van der Waals surface area contributed by atoms with Crippen LogP contribution >= 0.6 is 11.8 Å². The number of thioether (sulfide) groups is 1. The lowest BCUT2D eigenvalue weighted by molar-refractivity contribution is -0.912. The fraction of sp³-hybridized carbons (Fsp3) is 0.647. The molecule has 0 aliphatic carbocycles. The minimum absolute atomic E-state index is 0.859. The van der Waals surface area contributed by atoms with Gasteiger partial charge in [-0.1, -0.05) is 32.0 Å². The van der Waals surface area contributed by atoms with Crippen molar-refractivity contribution < 1.29 is 9.64 Å². The lowest BCUT2D eigenvalue weighted by Gasteiger charge is -2.31. The molecule has 1 aliphatic heterocycles. The number of hydrogen-bond donors (Lipinski definition) is 1. The van der Waals surface area contributed by atoms with E-state index in [2.05, 4.69) is 44.2 Å². The highest BCUT2D eigenvalue weighted by Crippen LogP contribution is 2.16. The molecule has 1 unspecified atom stereocenters. The molecule has 0 radical (unpaired) electrons. The third kappa shape index (κ3) is 5.86. The van der Waals surface area contributed by atoms with Gasteiger partial charge in [-0.15, -0.1) is 11.8 Å². The molecule has 0 saturated carbocycles. The maximum absolute atomic E-state index is 5.79. The second-order valence-electron chi connectivity index (χ2n) is 6.13. The molecule has 1 saturated heterocycles. The number of nitrogens with one attached hydrogen (secondary N) is 1. The van der Waals surface area contributed by atoms with Crippen LogP contribution in [0.25, 0.3) is 0 Å². The van der Waals surface area contributed by atoms with Crippen LogP contribution in [0.1, 0.15) is 20.3 Å². The second-order valence-corrected chi connectivity index (χ2v) is 7.30. The second kappa shape index (κ2) is 8.71. The average Bonchev–Trinajstić information content (AvgIpc) is 2.43. The van der Waals surface area contributed by atoms with E-state index in [4.69, 9.17) is 4.74 Å². The summed E-state index contributed by atoms with van der Waals surface area (Å²) >= 11 is 1.88. The number of benzene rings is 1. The minimum Gasteiger partial charge on any atom is -0.375 e. The first-order chi connectivity index (χ1) is 9.74. The highest BCUT2D eigenvalue weighted by Gasteiger charge is 2.24. The molecule has 1 fully saturated rings. The SMILES string of the molecule is C[C@@H]1C[C@H](C)C[NH+](CCOCCSc2ccccc2)C1.